The maximum absolute atomic E-state index is 11.8. The van der Waals surface area contributed by atoms with Crippen LogP contribution in [0, 0.1) is 13.8 Å². The zero-order chi connectivity index (χ0) is 17.7. The van der Waals surface area contributed by atoms with Crippen LogP contribution in [0.3, 0.4) is 0 Å². The molecular weight excluding hydrogens is 440 g/mol. The fourth-order valence-corrected chi connectivity index (χ4v) is 3.22. The summed E-state index contributed by atoms with van der Waals surface area (Å²) in [7, 11) is 0. The molecule has 0 atom stereocenters. The van der Waals surface area contributed by atoms with Crippen LogP contribution in [-0.2, 0) is 4.79 Å². The lowest BCUT2D eigenvalue weighted by atomic mass is 10.1. The minimum absolute atomic E-state index is 0.0756. The van der Waals surface area contributed by atoms with Crippen molar-refractivity contribution < 1.29 is 14.6 Å². The number of aromatic hydroxyl groups is 1. The zero-order valence-electron chi connectivity index (χ0n) is 13.1. The van der Waals surface area contributed by atoms with E-state index in [1.807, 2.05) is 26.0 Å². The molecule has 5 nitrogen and oxygen atoms in total. The van der Waals surface area contributed by atoms with E-state index in [2.05, 4.69) is 42.4 Å². The summed E-state index contributed by atoms with van der Waals surface area (Å²) in [5, 5.41) is 13.5. The van der Waals surface area contributed by atoms with Gasteiger partial charge in [-0.3, -0.25) is 4.79 Å². The Morgan fingerprint density at radius 2 is 2.04 bits per heavy atom. The summed E-state index contributed by atoms with van der Waals surface area (Å²) in [6, 6.07) is 8.84. The summed E-state index contributed by atoms with van der Waals surface area (Å²) >= 11 is 6.73. The lowest BCUT2D eigenvalue weighted by Crippen LogP contribution is -2.24. The number of amides is 1. The summed E-state index contributed by atoms with van der Waals surface area (Å²) in [6.45, 7) is 3.74. The Morgan fingerprint density at radius 3 is 2.75 bits per heavy atom. The molecule has 0 radical (unpaired) electrons. The Hall–Kier alpha value is -1.86. The normalized spacial score (nSPS) is 10.8. The molecule has 0 fully saturated rings. The predicted molar refractivity (Wildman–Crippen MR) is 101 cm³/mol. The largest absolute Gasteiger partial charge is 0.507 e. The Balaban J connectivity index is 1.92. The van der Waals surface area contributed by atoms with E-state index in [-0.39, 0.29) is 12.4 Å². The molecule has 0 aromatic heterocycles. The number of nitrogens with zero attached hydrogens (tertiary/aromatic N) is 1. The number of hydrazone groups is 1. The second-order valence-corrected chi connectivity index (χ2v) is 6.95. The van der Waals surface area contributed by atoms with Crippen LogP contribution in [0.25, 0.3) is 0 Å². The molecule has 0 aliphatic carbocycles. The van der Waals surface area contributed by atoms with Gasteiger partial charge in [-0.2, -0.15) is 5.10 Å². The number of nitrogens with one attached hydrogen (secondary N) is 1. The van der Waals surface area contributed by atoms with Crippen molar-refractivity contribution >= 4 is 44.0 Å². The zero-order valence-corrected chi connectivity index (χ0v) is 16.3. The molecule has 0 unspecified atom stereocenters. The molecular formula is C17H16Br2N2O3. The molecule has 2 N–H and O–H groups in total. The SMILES string of the molecule is Cc1cc(C)c(OCC(=O)N/N=C\c2cc(Br)ccc2O)c(Br)c1. The number of carbonyl (C=O) groups is 1. The van der Waals surface area contributed by atoms with Crippen molar-refractivity contribution in [2.24, 2.45) is 5.10 Å². The molecule has 2 rings (SSSR count). The highest BCUT2D eigenvalue weighted by Gasteiger charge is 2.09. The Bertz CT molecular complexity index is 768. The van der Waals surface area contributed by atoms with Gasteiger partial charge in [-0.05, 0) is 65.2 Å². The average Bonchev–Trinajstić information content (AvgIpc) is 2.49. The predicted octanol–water partition coefficient (Wildman–Crippen LogP) is 4.06. The van der Waals surface area contributed by atoms with Gasteiger partial charge in [-0.25, -0.2) is 5.43 Å². The molecule has 1 amide bonds. The van der Waals surface area contributed by atoms with Gasteiger partial charge in [0.25, 0.3) is 5.91 Å². The van der Waals surface area contributed by atoms with Crippen LogP contribution < -0.4 is 10.2 Å². The number of carbonyl (C=O) groups excluding carboxylic acids is 1. The number of phenols is 1. The average molecular weight is 456 g/mol. The molecule has 0 saturated carbocycles. The number of phenolic OH excluding ortho intramolecular Hbond substituents is 1. The molecule has 0 spiro atoms. The molecule has 0 heterocycles. The van der Waals surface area contributed by atoms with E-state index < -0.39 is 5.91 Å². The number of benzene rings is 2. The third-order valence-electron chi connectivity index (χ3n) is 3.10. The molecule has 0 saturated heterocycles. The van der Waals surface area contributed by atoms with Gasteiger partial charge in [0.05, 0.1) is 10.7 Å². The molecule has 0 aliphatic rings. The van der Waals surface area contributed by atoms with Crippen LogP contribution in [0.4, 0.5) is 0 Å². The first kappa shape index (κ1) is 18.5. The molecule has 24 heavy (non-hydrogen) atoms. The standard InChI is InChI=1S/C17H16Br2N2O3/c1-10-5-11(2)17(14(19)6-10)24-9-16(23)21-20-8-12-7-13(18)3-4-15(12)22/h3-8,22H,9H2,1-2H3,(H,21,23)/b20-8-. The van der Waals surface area contributed by atoms with E-state index in [0.29, 0.717) is 11.3 Å². The van der Waals surface area contributed by atoms with Gasteiger partial charge in [0.2, 0.25) is 0 Å². The monoisotopic (exact) mass is 454 g/mol. The van der Waals surface area contributed by atoms with Crippen LogP contribution in [0.5, 0.6) is 11.5 Å². The first-order chi connectivity index (χ1) is 11.4. The topological polar surface area (TPSA) is 70.9 Å². The molecule has 0 bridgehead atoms. The Kier molecular flexibility index (Phi) is 6.39. The van der Waals surface area contributed by atoms with Crippen molar-refractivity contribution in [2.45, 2.75) is 13.8 Å². The first-order valence-corrected chi connectivity index (χ1v) is 8.65. The van der Waals surface area contributed by atoms with Crippen molar-refractivity contribution in [3.05, 3.63) is 56.0 Å². The van der Waals surface area contributed by atoms with E-state index in [4.69, 9.17) is 4.74 Å². The van der Waals surface area contributed by atoms with Crippen LogP contribution >= 0.6 is 31.9 Å². The van der Waals surface area contributed by atoms with E-state index >= 15 is 0 Å². The third kappa shape index (κ3) is 5.07. The fourth-order valence-electron chi connectivity index (χ4n) is 2.06. The highest BCUT2D eigenvalue weighted by molar-refractivity contribution is 9.10. The Morgan fingerprint density at radius 1 is 1.29 bits per heavy atom. The molecule has 2 aromatic carbocycles. The Labute approximate surface area is 157 Å². The number of aryl methyl sites for hydroxylation is 2. The van der Waals surface area contributed by atoms with E-state index in [1.54, 1.807) is 12.1 Å². The summed E-state index contributed by atoms with van der Waals surface area (Å²) < 4.78 is 7.14. The lowest BCUT2D eigenvalue weighted by molar-refractivity contribution is -0.123. The fraction of sp³-hybridized carbons (Fsp3) is 0.176. The minimum Gasteiger partial charge on any atom is -0.507 e. The van der Waals surface area contributed by atoms with Crippen LogP contribution in [-0.4, -0.2) is 23.8 Å². The van der Waals surface area contributed by atoms with Gasteiger partial charge in [-0.1, -0.05) is 22.0 Å². The highest BCUT2D eigenvalue weighted by atomic mass is 79.9. The summed E-state index contributed by atoms with van der Waals surface area (Å²) in [4.78, 5) is 11.8. The number of halogens is 2. The van der Waals surface area contributed by atoms with E-state index in [9.17, 15) is 9.90 Å². The van der Waals surface area contributed by atoms with Crippen molar-refractivity contribution in [2.75, 3.05) is 6.61 Å². The molecule has 2 aromatic rings. The quantitative estimate of drug-likeness (QED) is 0.527. The second kappa shape index (κ2) is 8.30. The summed E-state index contributed by atoms with van der Waals surface area (Å²) in [6.07, 6.45) is 1.37. The number of ether oxygens (including phenoxy) is 1. The van der Waals surface area contributed by atoms with Gasteiger partial charge in [0.15, 0.2) is 6.61 Å². The summed E-state index contributed by atoms with van der Waals surface area (Å²) in [5.74, 6) is 0.309. The van der Waals surface area contributed by atoms with Crippen molar-refractivity contribution in [1.29, 1.82) is 0 Å². The molecule has 126 valence electrons. The van der Waals surface area contributed by atoms with Crippen molar-refractivity contribution in [1.82, 2.24) is 5.43 Å². The number of hydrogen-bond acceptors (Lipinski definition) is 4. The maximum Gasteiger partial charge on any atom is 0.277 e. The smallest absolute Gasteiger partial charge is 0.277 e. The van der Waals surface area contributed by atoms with Crippen LogP contribution in [0.1, 0.15) is 16.7 Å². The van der Waals surface area contributed by atoms with Gasteiger partial charge in [0.1, 0.15) is 11.5 Å². The van der Waals surface area contributed by atoms with Crippen LogP contribution in [0.2, 0.25) is 0 Å². The lowest BCUT2D eigenvalue weighted by Gasteiger charge is -2.11. The number of hydrogen-bond donors (Lipinski definition) is 2. The number of rotatable bonds is 5. The van der Waals surface area contributed by atoms with Crippen LogP contribution in [0.15, 0.2) is 44.4 Å². The van der Waals surface area contributed by atoms with Gasteiger partial charge < -0.3 is 9.84 Å². The minimum atomic E-state index is -0.396. The summed E-state index contributed by atoms with van der Waals surface area (Å²) in [5.41, 5.74) is 4.90. The van der Waals surface area contributed by atoms with E-state index in [1.165, 1.54) is 12.3 Å². The molecule has 7 heteroatoms. The molecule has 0 aliphatic heterocycles. The van der Waals surface area contributed by atoms with Crippen molar-refractivity contribution in [3.63, 3.8) is 0 Å². The van der Waals surface area contributed by atoms with E-state index in [0.717, 1.165) is 20.1 Å². The maximum atomic E-state index is 11.8. The third-order valence-corrected chi connectivity index (χ3v) is 4.19. The first-order valence-electron chi connectivity index (χ1n) is 7.07. The van der Waals surface area contributed by atoms with Crippen molar-refractivity contribution in [3.8, 4) is 11.5 Å². The van der Waals surface area contributed by atoms with Gasteiger partial charge >= 0.3 is 0 Å². The van der Waals surface area contributed by atoms with Gasteiger partial charge in [-0.15, -0.1) is 0 Å². The highest BCUT2D eigenvalue weighted by Crippen LogP contribution is 2.30. The second-order valence-electron chi connectivity index (χ2n) is 5.18. The van der Waals surface area contributed by atoms with Gasteiger partial charge in [0, 0.05) is 10.0 Å².